The van der Waals surface area contributed by atoms with Crippen molar-refractivity contribution in [1.29, 1.82) is 0 Å². The number of nitrogens with zero attached hydrogens (tertiary/aromatic N) is 1. The molecule has 1 aromatic rings. The second kappa shape index (κ2) is 6.96. The Labute approximate surface area is 120 Å². The highest BCUT2D eigenvalue weighted by Gasteiger charge is 2.22. The Kier molecular flexibility index (Phi) is 5.28. The van der Waals surface area contributed by atoms with Crippen LogP contribution in [0.2, 0.25) is 0 Å². The van der Waals surface area contributed by atoms with Gasteiger partial charge in [-0.15, -0.1) is 0 Å². The quantitative estimate of drug-likeness (QED) is 0.822. The fourth-order valence-corrected chi connectivity index (χ4v) is 2.80. The van der Waals surface area contributed by atoms with E-state index in [-0.39, 0.29) is 17.2 Å². The number of benzene rings is 1. The van der Waals surface area contributed by atoms with Crippen LogP contribution in [0, 0.1) is 0 Å². The van der Waals surface area contributed by atoms with Crippen LogP contribution in [0.3, 0.4) is 0 Å². The van der Waals surface area contributed by atoms with Gasteiger partial charge in [-0.05, 0) is 38.4 Å². The molecule has 19 heavy (non-hydrogen) atoms. The van der Waals surface area contributed by atoms with Crippen molar-refractivity contribution in [3.8, 4) is 0 Å². The highest BCUT2D eigenvalue weighted by molar-refractivity contribution is 7.81. The van der Waals surface area contributed by atoms with E-state index in [0.29, 0.717) is 6.42 Å². The second-order valence-corrected chi connectivity index (χ2v) is 5.94. The summed E-state index contributed by atoms with van der Waals surface area (Å²) in [6.45, 7) is 2.07. The lowest BCUT2D eigenvalue weighted by Gasteiger charge is -2.30. The van der Waals surface area contributed by atoms with Crippen LogP contribution >= 0.6 is 12.6 Å². The van der Waals surface area contributed by atoms with Crippen LogP contribution in [0.4, 0.5) is 0 Å². The molecule has 1 amide bonds. The summed E-state index contributed by atoms with van der Waals surface area (Å²) >= 11 is 4.43. The number of amides is 1. The van der Waals surface area contributed by atoms with Crippen molar-refractivity contribution in [2.75, 3.05) is 20.1 Å². The van der Waals surface area contributed by atoms with E-state index < -0.39 is 0 Å². The molecule has 0 aromatic heterocycles. The molecule has 1 fully saturated rings. The Hall–Kier alpha value is -1.00. The number of hydrogen-bond acceptors (Lipinski definition) is 3. The molecule has 0 saturated carbocycles. The molecule has 3 nitrogen and oxygen atoms in total. The maximum Gasteiger partial charge on any atom is 0.233 e. The standard InChI is InChI=1S/C15H22N2OS/c1-17-9-5-8-13(11-17)16-15(18)14(19)10-12-6-3-2-4-7-12/h2-4,6-7,13-14,19H,5,8-11H2,1H3,(H,16,18). The lowest BCUT2D eigenvalue weighted by molar-refractivity contribution is -0.121. The zero-order valence-electron chi connectivity index (χ0n) is 11.4. The number of carbonyl (C=O) groups is 1. The molecular formula is C15H22N2OS. The minimum Gasteiger partial charge on any atom is -0.351 e. The number of hydrogen-bond donors (Lipinski definition) is 2. The first-order valence-electron chi connectivity index (χ1n) is 6.86. The van der Waals surface area contributed by atoms with Gasteiger partial charge < -0.3 is 10.2 Å². The summed E-state index contributed by atoms with van der Waals surface area (Å²) < 4.78 is 0. The number of carbonyl (C=O) groups excluding carboxylic acids is 1. The lowest BCUT2D eigenvalue weighted by Crippen LogP contribution is -2.48. The van der Waals surface area contributed by atoms with E-state index in [2.05, 4.69) is 29.9 Å². The van der Waals surface area contributed by atoms with E-state index in [1.807, 2.05) is 30.3 Å². The Morgan fingerprint density at radius 2 is 2.21 bits per heavy atom. The molecule has 0 radical (unpaired) electrons. The molecule has 2 rings (SSSR count). The summed E-state index contributed by atoms with van der Waals surface area (Å²) in [5.41, 5.74) is 1.15. The summed E-state index contributed by atoms with van der Waals surface area (Å²) in [6.07, 6.45) is 2.90. The monoisotopic (exact) mass is 278 g/mol. The van der Waals surface area contributed by atoms with Crippen molar-refractivity contribution in [2.45, 2.75) is 30.6 Å². The minimum absolute atomic E-state index is 0.0486. The van der Waals surface area contributed by atoms with Crippen molar-refractivity contribution in [2.24, 2.45) is 0 Å². The van der Waals surface area contributed by atoms with Gasteiger partial charge in [-0.1, -0.05) is 30.3 Å². The molecule has 0 spiro atoms. The zero-order chi connectivity index (χ0) is 13.7. The average Bonchev–Trinajstić information content (AvgIpc) is 2.40. The van der Waals surface area contributed by atoms with E-state index >= 15 is 0 Å². The van der Waals surface area contributed by atoms with Gasteiger partial charge in [0.2, 0.25) is 5.91 Å². The van der Waals surface area contributed by atoms with Crippen LogP contribution in [0.15, 0.2) is 30.3 Å². The predicted molar refractivity (Wildman–Crippen MR) is 81.6 cm³/mol. The SMILES string of the molecule is CN1CCCC(NC(=O)C(S)Cc2ccccc2)C1. The van der Waals surface area contributed by atoms with Gasteiger partial charge in [-0.3, -0.25) is 4.79 Å². The van der Waals surface area contributed by atoms with Crippen molar-refractivity contribution < 1.29 is 4.79 Å². The predicted octanol–water partition coefficient (Wildman–Crippen LogP) is 1.74. The molecule has 2 unspecified atom stereocenters. The van der Waals surface area contributed by atoms with Crippen LogP contribution < -0.4 is 5.32 Å². The van der Waals surface area contributed by atoms with Crippen molar-refractivity contribution >= 4 is 18.5 Å². The summed E-state index contributed by atoms with van der Waals surface area (Å²) in [7, 11) is 2.10. The Morgan fingerprint density at radius 1 is 1.47 bits per heavy atom. The molecule has 1 N–H and O–H groups in total. The number of likely N-dealkylation sites (N-methyl/N-ethyl adjacent to an activating group) is 1. The highest BCUT2D eigenvalue weighted by Crippen LogP contribution is 2.11. The Balaban J connectivity index is 1.82. The summed E-state index contributed by atoms with van der Waals surface area (Å²) in [6, 6.07) is 10.3. The normalized spacial score (nSPS) is 21.9. The fourth-order valence-electron chi connectivity index (χ4n) is 2.51. The van der Waals surface area contributed by atoms with E-state index in [1.165, 1.54) is 0 Å². The number of piperidine rings is 1. The van der Waals surface area contributed by atoms with E-state index in [9.17, 15) is 4.79 Å². The fraction of sp³-hybridized carbons (Fsp3) is 0.533. The first-order valence-corrected chi connectivity index (χ1v) is 7.37. The van der Waals surface area contributed by atoms with Crippen molar-refractivity contribution in [1.82, 2.24) is 10.2 Å². The van der Waals surface area contributed by atoms with E-state index in [4.69, 9.17) is 0 Å². The third-order valence-electron chi connectivity index (χ3n) is 3.55. The van der Waals surface area contributed by atoms with Gasteiger partial charge in [0.1, 0.15) is 0 Å². The van der Waals surface area contributed by atoms with Crippen molar-refractivity contribution in [3.05, 3.63) is 35.9 Å². The molecule has 4 heteroatoms. The Bertz CT molecular complexity index is 410. The van der Waals surface area contributed by atoms with Crippen LogP contribution in [-0.2, 0) is 11.2 Å². The molecule has 0 bridgehead atoms. The number of rotatable bonds is 4. The molecular weight excluding hydrogens is 256 g/mol. The lowest BCUT2D eigenvalue weighted by atomic mass is 10.1. The maximum absolute atomic E-state index is 12.1. The molecule has 1 aliphatic heterocycles. The van der Waals surface area contributed by atoms with Gasteiger partial charge in [0, 0.05) is 12.6 Å². The van der Waals surface area contributed by atoms with Crippen LogP contribution in [0.5, 0.6) is 0 Å². The molecule has 1 aromatic carbocycles. The summed E-state index contributed by atoms with van der Waals surface area (Å²) in [5, 5.41) is 2.84. The Morgan fingerprint density at radius 3 is 2.89 bits per heavy atom. The van der Waals surface area contributed by atoms with Gasteiger partial charge in [0.15, 0.2) is 0 Å². The highest BCUT2D eigenvalue weighted by atomic mass is 32.1. The van der Waals surface area contributed by atoms with Crippen LogP contribution in [0.25, 0.3) is 0 Å². The van der Waals surface area contributed by atoms with Crippen LogP contribution in [0.1, 0.15) is 18.4 Å². The van der Waals surface area contributed by atoms with Gasteiger partial charge in [0.05, 0.1) is 5.25 Å². The largest absolute Gasteiger partial charge is 0.351 e. The third-order valence-corrected chi connectivity index (χ3v) is 3.96. The van der Waals surface area contributed by atoms with E-state index in [0.717, 1.165) is 31.5 Å². The first kappa shape index (κ1) is 14.4. The minimum atomic E-state index is -0.269. The molecule has 104 valence electrons. The number of nitrogens with one attached hydrogen (secondary N) is 1. The summed E-state index contributed by atoms with van der Waals surface area (Å²) in [4.78, 5) is 14.4. The van der Waals surface area contributed by atoms with Gasteiger partial charge >= 0.3 is 0 Å². The van der Waals surface area contributed by atoms with Gasteiger partial charge in [0.25, 0.3) is 0 Å². The smallest absolute Gasteiger partial charge is 0.233 e. The topological polar surface area (TPSA) is 32.3 Å². The number of thiol groups is 1. The summed E-state index contributed by atoms with van der Waals surface area (Å²) in [5.74, 6) is 0.0486. The molecule has 2 atom stereocenters. The van der Waals surface area contributed by atoms with Gasteiger partial charge in [-0.2, -0.15) is 12.6 Å². The van der Waals surface area contributed by atoms with Crippen molar-refractivity contribution in [3.63, 3.8) is 0 Å². The van der Waals surface area contributed by atoms with Gasteiger partial charge in [-0.25, -0.2) is 0 Å². The molecule has 1 aliphatic rings. The molecule has 0 aliphatic carbocycles. The zero-order valence-corrected chi connectivity index (χ0v) is 12.3. The molecule has 1 saturated heterocycles. The first-order chi connectivity index (χ1) is 9.15. The average molecular weight is 278 g/mol. The van der Waals surface area contributed by atoms with Crippen LogP contribution in [-0.4, -0.2) is 42.2 Å². The van der Waals surface area contributed by atoms with E-state index in [1.54, 1.807) is 0 Å². The third kappa shape index (κ3) is 4.55. The second-order valence-electron chi connectivity index (χ2n) is 5.32. The maximum atomic E-state index is 12.1. The molecule has 1 heterocycles. The number of likely N-dealkylation sites (tertiary alicyclic amines) is 1.